The molecule has 0 unspecified atom stereocenters. The van der Waals surface area contributed by atoms with Gasteiger partial charge in [-0.05, 0) is 0 Å². The van der Waals surface area contributed by atoms with E-state index in [0.717, 1.165) is 11.9 Å². The maximum Gasteiger partial charge on any atom is 0.223 e. The molecule has 8 nitrogen and oxygen atoms in total. The van der Waals surface area contributed by atoms with E-state index in [1.165, 1.54) is 4.31 Å². The molecule has 112 valence electrons. The Bertz CT molecular complexity index is 557. The van der Waals surface area contributed by atoms with Crippen molar-refractivity contribution in [3.63, 3.8) is 0 Å². The van der Waals surface area contributed by atoms with Crippen molar-refractivity contribution in [2.24, 2.45) is 11.7 Å². The molecule has 2 heterocycles. The van der Waals surface area contributed by atoms with Gasteiger partial charge in [-0.15, -0.1) is 0 Å². The van der Waals surface area contributed by atoms with E-state index in [2.05, 4.69) is 9.97 Å². The Labute approximate surface area is 118 Å². The largest absolute Gasteiger partial charge is 0.369 e. The maximum atomic E-state index is 11.7. The number of amides is 1. The molecule has 1 aromatic rings. The van der Waals surface area contributed by atoms with Gasteiger partial charge in [-0.25, -0.2) is 17.7 Å². The molecule has 2 rings (SSSR count). The Morgan fingerprint density at radius 2 is 2.25 bits per heavy atom. The Kier molecular flexibility index (Phi) is 4.41. The summed E-state index contributed by atoms with van der Waals surface area (Å²) < 4.78 is 24.7. The first-order valence-corrected chi connectivity index (χ1v) is 8.15. The van der Waals surface area contributed by atoms with Crippen LogP contribution >= 0.6 is 0 Å². The third kappa shape index (κ3) is 3.78. The minimum atomic E-state index is -3.32. The van der Waals surface area contributed by atoms with E-state index in [1.807, 2.05) is 4.90 Å². The summed E-state index contributed by atoms with van der Waals surface area (Å²) in [6.07, 6.45) is 4.44. The molecule has 1 aliphatic heterocycles. The van der Waals surface area contributed by atoms with E-state index in [-0.39, 0.29) is 6.54 Å². The maximum absolute atomic E-state index is 11.7. The lowest BCUT2D eigenvalue weighted by Crippen LogP contribution is -2.40. The first-order valence-electron chi connectivity index (χ1n) is 6.30. The van der Waals surface area contributed by atoms with Gasteiger partial charge < -0.3 is 10.7 Å². The fraction of sp³-hybridized carbons (Fsp3) is 0.636. The highest BCUT2D eigenvalue weighted by Gasteiger charge is 2.30. The molecule has 1 aromatic heterocycles. The second-order valence-corrected chi connectivity index (χ2v) is 7.01. The lowest BCUT2D eigenvalue weighted by molar-refractivity contribution is -0.122. The van der Waals surface area contributed by atoms with Crippen molar-refractivity contribution in [3.05, 3.63) is 18.2 Å². The van der Waals surface area contributed by atoms with Gasteiger partial charge in [-0.2, -0.15) is 0 Å². The van der Waals surface area contributed by atoms with Crippen LogP contribution in [0.5, 0.6) is 0 Å². The molecule has 0 radical (unpaired) electrons. The van der Waals surface area contributed by atoms with E-state index >= 15 is 0 Å². The molecule has 1 aliphatic rings. The number of primary amides is 1. The Hall–Kier alpha value is -1.45. The van der Waals surface area contributed by atoms with Gasteiger partial charge in [0.15, 0.2) is 0 Å². The number of sulfonamides is 1. The van der Waals surface area contributed by atoms with Gasteiger partial charge in [0.25, 0.3) is 0 Å². The number of hydrogen-bond donors (Lipinski definition) is 2. The van der Waals surface area contributed by atoms with E-state index in [9.17, 15) is 13.2 Å². The quantitative estimate of drug-likeness (QED) is 0.709. The summed E-state index contributed by atoms with van der Waals surface area (Å²) in [5, 5.41) is 0. The number of hydrogen-bond acceptors (Lipinski definition) is 5. The number of rotatable bonds is 4. The average Bonchev–Trinajstić information content (AvgIpc) is 2.72. The second kappa shape index (κ2) is 5.90. The van der Waals surface area contributed by atoms with Crippen molar-refractivity contribution in [2.75, 3.05) is 32.4 Å². The SMILES string of the molecule is CS(=O)(=O)N1CCN(Cc2cnc[nH]2)C[C@@H](C(N)=O)C1. The molecule has 3 N–H and O–H groups in total. The van der Waals surface area contributed by atoms with Gasteiger partial charge in [0.1, 0.15) is 0 Å². The lowest BCUT2D eigenvalue weighted by Gasteiger charge is -2.21. The third-order valence-electron chi connectivity index (χ3n) is 3.39. The molecule has 0 saturated carbocycles. The third-order valence-corrected chi connectivity index (χ3v) is 4.66. The molecule has 0 spiro atoms. The molecule has 1 fully saturated rings. The number of nitrogens with zero attached hydrogens (tertiary/aromatic N) is 3. The topological polar surface area (TPSA) is 112 Å². The highest BCUT2D eigenvalue weighted by atomic mass is 32.2. The average molecular weight is 301 g/mol. The summed E-state index contributed by atoms with van der Waals surface area (Å²) >= 11 is 0. The summed E-state index contributed by atoms with van der Waals surface area (Å²) in [5.74, 6) is -0.981. The van der Waals surface area contributed by atoms with Crippen LogP contribution in [-0.4, -0.2) is 65.9 Å². The van der Waals surface area contributed by atoms with Gasteiger partial charge in [0.2, 0.25) is 15.9 Å². The predicted molar refractivity (Wildman–Crippen MR) is 73.0 cm³/mol. The van der Waals surface area contributed by atoms with Crippen LogP contribution < -0.4 is 5.73 Å². The van der Waals surface area contributed by atoms with E-state index in [0.29, 0.717) is 26.2 Å². The van der Waals surface area contributed by atoms with Crippen molar-refractivity contribution in [3.8, 4) is 0 Å². The first-order chi connectivity index (χ1) is 9.36. The number of nitrogens with one attached hydrogen (secondary N) is 1. The molecule has 0 aromatic carbocycles. The van der Waals surface area contributed by atoms with Crippen molar-refractivity contribution in [2.45, 2.75) is 6.54 Å². The van der Waals surface area contributed by atoms with Gasteiger partial charge in [0, 0.05) is 44.6 Å². The number of nitrogens with two attached hydrogens (primary N) is 1. The van der Waals surface area contributed by atoms with Crippen molar-refractivity contribution in [1.82, 2.24) is 19.2 Å². The zero-order valence-electron chi connectivity index (χ0n) is 11.3. The van der Waals surface area contributed by atoms with Crippen LogP contribution in [0.1, 0.15) is 5.69 Å². The minimum Gasteiger partial charge on any atom is -0.369 e. The summed E-state index contributed by atoms with van der Waals surface area (Å²) in [5.41, 5.74) is 6.29. The van der Waals surface area contributed by atoms with Crippen LogP contribution in [0.2, 0.25) is 0 Å². The second-order valence-electron chi connectivity index (χ2n) is 5.03. The van der Waals surface area contributed by atoms with Crippen LogP contribution in [-0.2, 0) is 21.4 Å². The fourth-order valence-electron chi connectivity index (χ4n) is 2.29. The molecule has 0 aliphatic carbocycles. The number of aromatic amines is 1. The minimum absolute atomic E-state index is 0.146. The fourth-order valence-corrected chi connectivity index (χ4v) is 3.15. The lowest BCUT2D eigenvalue weighted by atomic mass is 10.1. The molecule has 1 atom stereocenters. The Balaban J connectivity index is 2.11. The zero-order chi connectivity index (χ0) is 14.8. The number of imidazole rings is 1. The molecule has 1 amide bonds. The molecule has 9 heteroatoms. The van der Waals surface area contributed by atoms with E-state index < -0.39 is 21.8 Å². The van der Waals surface area contributed by atoms with Gasteiger partial charge >= 0.3 is 0 Å². The summed E-state index contributed by atoms with van der Waals surface area (Å²) in [7, 11) is -3.32. The standard InChI is InChI=1S/C11H19N5O3S/c1-20(18,19)16-3-2-15(5-9(6-16)11(12)17)7-10-4-13-8-14-10/h4,8-9H,2-3,5-7H2,1H3,(H2,12,17)(H,13,14)/t9-/m1/s1. The van der Waals surface area contributed by atoms with Gasteiger partial charge in [-0.3, -0.25) is 9.69 Å². The Morgan fingerprint density at radius 1 is 1.50 bits per heavy atom. The number of carbonyl (C=O) groups excluding carboxylic acids is 1. The normalized spacial score (nSPS) is 22.6. The van der Waals surface area contributed by atoms with Crippen LogP contribution in [0.4, 0.5) is 0 Å². The first kappa shape index (κ1) is 14.9. The zero-order valence-corrected chi connectivity index (χ0v) is 12.1. The Morgan fingerprint density at radius 3 is 2.80 bits per heavy atom. The van der Waals surface area contributed by atoms with Crippen molar-refractivity contribution in [1.29, 1.82) is 0 Å². The van der Waals surface area contributed by atoms with Crippen LogP contribution in [0.3, 0.4) is 0 Å². The van der Waals surface area contributed by atoms with Crippen LogP contribution in [0.15, 0.2) is 12.5 Å². The molecule has 0 bridgehead atoms. The summed E-state index contributed by atoms with van der Waals surface area (Å²) in [6.45, 7) is 2.09. The van der Waals surface area contributed by atoms with E-state index in [4.69, 9.17) is 5.73 Å². The predicted octanol–water partition coefficient (Wildman–Crippen LogP) is -1.41. The number of H-pyrrole nitrogens is 1. The molecule has 20 heavy (non-hydrogen) atoms. The van der Waals surface area contributed by atoms with E-state index in [1.54, 1.807) is 12.5 Å². The van der Waals surface area contributed by atoms with Crippen LogP contribution in [0, 0.1) is 5.92 Å². The highest BCUT2D eigenvalue weighted by Crippen LogP contribution is 2.14. The smallest absolute Gasteiger partial charge is 0.223 e. The highest BCUT2D eigenvalue weighted by molar-refractivity contribution is 7.88. The number of carbonyl (C=O) groups is 1. The summed E-state index contributed by atoms with van der Waals surface area (Å²) in [4.78, 5) is 20.4. The summed E-state index contributed by atoms with van der Waals surface area (Å²) in [6, 6.07) is 0. The molecular formula is C11H19N5O3S. The van der Waals surface area contributed by atoms with Crippen molar-refractivity contribution >= 4 is 15.9 Å². The number of aromatic nitrogens is 2. The molecule has 1 saturated heterocycles. The van der Waals surface area contributed by atoms with Gasteiger partial charge in [-0.1, -0.05) is 0 Å². The monoisotopic (exact) mass is 301 g/mol. The van der Waals surface area contributed by atoms with Gasteiger partial charge in [0.05, 0.1) is 18.5 Å². The van der Waals surface area contributed by atoms with Crippen LogP contribution in [0.25, 0.3) is 0 Å². The van der Waals surface area contributed by atoms with Crippen molar-refractivity contribution < 1.29 is 13.2 Å². The molecular weight excluding hydrogens is 282 g/mol.